The minimum atomic E-state index is -1.83. The number of Topliss-reactive ketones (excluding diaryl/α,β-unsaturated/α-hetero) is 2. The van der Waals surface area contributed by atoms with E-state index in [4.69, 9.17) is 0 Å². The third-order valence-electron chi connectivity index (χ3n) is 5.69. The van der Waals surface area contributed by atoms with Crippen LogP contribution in [0, 0.1) is 5.41 Å². The van der Waals surface area contributed by atoms with Crippen molar-refractivity contribution >= 4 is 23.5 Å². The maximum Gasteiger partial charge on any atom is 0.334 e. The lowest BCUT2D eigenvalue weighted by molar-refractivity contribution is -0.169. The first-order chi connectivity index (χ1) is 14.8. The molecule has 0 saturated carbocycles. The molecule has 0 bridgehead atoms. The average molecular weight is 439 g/mol. The number of hydrogen-bond donors (Lipinski definition) is 0. The van der Waals surface area contributed by atoms with Gasteiger partial charge in [-0.15, -0.1) is 13.2 Å². The first-order valence-corrected chi connectivity index (χ1v) is 12.0. The topological polar surface area (TPSA) is 77.5 Å². The lowest BCUT2D eigenvalue weighted by atomic mass is 9.75. The number of esters is 2. The Balaban J connectivity index is 0. The Morgan fingerprint density at radius 3 is 1.23 bits per heavy atom. The van der Waals surface area contributed by atoms with E-state index < -0.39 is 28.9 Å². The number of hydrogen-bond acceptors (Lipinski definition) is 5. The minimum absolute atomic E-state index is 0.113. The SMILES string of the molecule is C=C.CCCCCCCCCCCCCCCCC(C(C)=O)(C(C)=O)C(=O)OC(C)=O. The number of ketones is 2. The van der Waals surface area contributed by atoms with Crippen molar-refractivity contribution in [2.45, 2.75) is 124 Å². The van der Waals surface area contributed by atoms with Gasteiger partial charge < -0.3 is 4.74 Å². The van der Waals surface area contributed by atoms with Crippen LogP contribution in [0.5, 0.6) is 0 Å². The van der Waals surface area contributed by atoms with Crippen molar-refractivity contribution in [1.82, 2.24) is 0 Å². The van der Waals surface area contributed by atoms with Crippen LogP contribution in [0.3, 0.4) is 0 Å². The fraction of sp³-hybridized carbons (Fsp3) is 0.769. The second-order valence-corrected chi connectivity index (χ2v) is 8.24. The van der Waals surface area contributed by atoms with E-state index in [0.717, 1.165) is 26.2 Å². The largest absolute Gasteiger partial charge is 0.392 e. The van der Waals surface area contributed by atoms with Crippen molar-refractivity contribution in [3.05, 3.63) is 13.2 Å². The summed E-state index contributed by atoms with van der Waals surface area (Å²) >= 11 is 0. The Hall–Kier alpha value is -1.78. The maximum atomic E-state index is 12.2. The Morgan fingerprint density at radius 1 is 0.613 bits per heavy atom. The van der Waals surface area contributed by atoms with E-state index in [0.29, 0.717) is 6.42 Å². The molecule has 0 aliphatic carbocycles. The summed E-state index contributed by atoms with van der Waals surface area (Å²) in [6.07, 6.45) is 16.9. The number of ether oxygens (including phenoxy) is 1. The standard InChI is InChI=1S/C24H42O5.C2H4/c1-5-6-7-8-9-10-11-12-13-14-15-16-17-18-19-24(20(2)25,21(3)26)23(28)29-22(4)27;1-2/h5-19H2,1-4H3;1-2H2. The van der Waals surface area contributed by atoms with Crippen molar-refractivity contribution in [3.63, 3.8) is 0 Å². The summed E-state index contributed by atoms with van der Waals surface area (Å²) in [5.41, 5.74) is -1.83. The first-order valence-electron chi connectivity index (χ1n) is 12.0. The Bertz CT molecular complexity index is 510. The summed E-state index contributed by atoms with van der Waals surface area (Å²) < 4.78 is 4.59. The van der Waals surface area contributed by atoms with Crippen LogP contribution in [0.4, 0.5) is 0 Å². The molecule has 0 atom stereocenters. The number of unbranched alkanes of at least 4 members (excludes halogenated alkanes) is 13. The van der Waals surface area contributed by atoms with Crippen molar-refractivity contribution in [1.29, 1.82) is 0 Å². The normalized spacial score (nSPS) is 10.7. The number of carbonyl (C=O) groups excluding carboxylic acids is 4. The Labute approximate surface area is 190 Å². The van der Waals surface area contributed by atoms with Crippen molar-refractivity contribution < 1.29 is 23.9 Å². The second kappa shape index (κ2) is 20.1. The van der Waals surface area contributed by atoms with E-state index in [9.17, 15) is 19.2 Å². The molecule has 0 heterocycles. The summed E-state index contributed by atoms with van der Waals surface area (Å²) in [5, 5.41) is 0. The summed E-state index contributed by atoms with van der Waals surface area (Å²) in [4.78, 5) is 47.4. The van der Waals surface area contributed by atoms with Gasteiger partial charge in [-0.25, -0.2) is 4.79 Å². The van der Waals surface area contributed by atoms with Crippen LogP contribution in [0.25, 0.3) is 0 Å². The summed E-state index contributed by atoms with van der Waals surface area (Å²) in [7, 11) is 0. The molecule has 0 aliphatic heterocycles. The van der Waals surface area contributed by atoms with Crippen LogP contribution in [0.2, 0.25) is 0 Å². The molecule has 5 nitrogen and oxygen atoms in total. The molecule has 0 N–H and O–H groups in total. The Morgan fingerprint density at radius 2 is 0.935 bits per heavy atom. The van der Waals surface area contributed by atoms with E-state index in [2.05, 4.69) is 24.8 Å². The number of carbonyl (C=O) groups is 4. The minimum Gasteiger partial charge on any atom is -0.392 e. The van der Waals surface area contributed by atoms with Gasteiger partial charge in [0.1, 0.15) is 0 Å². The van der Waals surface area contributed by atoms with E-state index in [-0.39, 0.29) is 6.42 Å². The van der Waals surface area contributed by atoms with Crippen molar-refractivity contribution in [3.8, 4) is 0 Å². The molecule has 0 amide bonds. The molecule has 0 aromatic rings. The van der Waals surface area contributed by atoms with Crippen LogP contribution >= 0.6 is 0 Å². The monoisotopic (exact) mass is 438 g/mol. The van der Waals surface area contributed by atoms with Gasteiger partial charge in [0.05, 0.1) is 0 Å². The summed E-state index contributed by atoms with van der Waals surface area (Å²) in [5.74, 6) is -2.93. The van der Waals surface area contributed by atoms with Gasteiger partial charge in [-0.3, -0.25) is 14.4 Å². The molecule has 180 valence electrons. The van der Waals surface area contributed by atoms with Gasteiger partial charge in [0.2, 0.25) is 0 Å². The van der Waals surface area contributed by atoms with Crippen LogP contribution < -0.4 is 0 Å². The van der Waals surface area contributed by atoms with E-state index in [1.54, 1.807) is 0 Å². The van der Waals surface area contributed by atoms with Crippen LogP contribution in [0.15, 0.2) is 13.2 Å². The van der Waals surface area contributed by atoms with Crippen LogP contribution in [0.1, 0.15) is 124 Å². The summed E-state index contributed by atoms with van der Waals surface area (Å²) in [6, 6.07) is 0. The fourth-order valence-corrected chi connectivity index (χ4v) is 3.79. The molecule has 0 aliphatic rings. The highest BCUT2D eigenvalue weighted by atomic mass is 16.6. The van der Waals surface area contributed by atoms with Crippen molar-refractivity contribution in [2.75, 3.05) is 0 Å². The van der Waals surface area contributed by atoms with Gasteiger partial charge in [0, 0.05) is 6.92 Å². The second-order valence-electron chi connectivity index (χ2n) is 8.24. The van der Waals surface area contributed by atoms with Gasteiger partial charge in [-0.2, -0.15) is 0 Å². The van der Waals surface area contributed by atoms with E-state index in [1.807, 2.05) is 0 Å². The van der Waals surface area contributed by atoms with Gasteiger partial charge in [0.25, 0.3) is 0 Å². The van der Waals surface area contributed by atoms with Gasteiger partial charge >= 0.3 is 11.9 Å². The fourth-order valence-electron chi connectivity index (χ4n) is 3.79. The molecule has 0 fully saturated rings. The molecule has 31 heavy (non-hydrogen) atoms. The zero-order valence-corrected chi connectivity index (χ0v) is 20.6. The molecule has 0 aromatic carbocycles. The quantitative estimate of drug-likeness (QED) is 0.100. The molecule has 0 unspecified atom stereocenters. The first kappa shape index (κ1) is 31.4. The molecule has 0 aromatic heterocycles. The zero-order valence-electron chi connectivity index (χ0n) is 20.6. The average Bonchev–Trinajstić information content (AvgIpc) is 2.71. The van der Waals surface area contributed by atoms with Gasteiger partial charge in [-0.1, -0.05) is 96.8 Å². The van der Waals surface area contributed by atoms with Crippen LogP contribution in [-0.2, 0) is 23.9 Å². The van der Waals surface area contributed by atoms with Gasteiger partial charge in [0.15, 0.2) is 17.0 Å². The third-order valence-corrected chi connectivity index (χ3v) is 5.69. The van der Waals surface area contributed by atoms with Crippen molar-refractivity contribution in [2.24, 2.45) is 5.41 Å². The highest BCUT2D eigenvalue weighted by Crippen LogP contribution is 2.30. The lowest BCUT2D eigenvalue weighted by Gasteiger charge is -2.25. The van der Waals surface area contributed by atoms with Crippen LogP contribution in [-0.4, -0.2) is 23.5 Å². The maximum absolute atomic E-state index is 12.2. The zero-order chi connectivity index (χ0) is 24.1. The Kier molecular flexibility index (Phi) is 20.4. The predicted octanol–water partition coefficient (Wildman–Crippen LogP) is 6.91. The molecule has 5 heteroatoms. The van der Waals surface area contributed by atoms with E-state index in [1.165, 1.54) is 78.1 Å². The van der Waals surface area contributed by atoms with Gasteiger partial charge in [-0.05, 0) is 20.3 Å². The highest BCUT2D eigenvalue weighted by molar-refractivity contribution is 6.22. The highest BCUT2D eigenvalue weighted by Gasteiger charge is 2.49. The molecule has 0 radical (unpaired) electrons. The summed E-state index contributed by atoms with van der Waals surface area (Å²) in [6.45, 7) is 11.8. The number of rotatable bonds is 18. The lowest BCUT2D eigenvalue weighted by Crippen LogP contribution is -2.46. The molecule has 0 saturated heterocycles. The molecule has 0 spiro atoms. The molecule has 0 rings (SSSR count). The molecular formula is C26H46O5. The smallest absolute Gasteiger partial charge is 0.334 e. The van der Waals surface area contributed by atoms with E-state index >= 15 is 0 Å². The predicted molar refractivity (Wildman–Crippen MR) is 127 cm³/mol. The third kappa shape index (κ3) is 14.0. The molecular weight excluding hydrogens is 392 g/mol.